The van der Waals surface area contributed by atoms with Crippen LogP contribution in [-0.2, 0) is 0 Å². The third kappa shape index (κ3) is 1.92. The minimum Gasteiger partial charge on any atom is -0.264 e. The summed E-state index contributed by atoms with van der Waals surface area (Å²) in [5.74, 6) is 0. The Kier molecular flexibility index (Phi) is 2.57. The number of para-hydroxylation sites is 2. The molecule has 0 unspecified atom stereocenters. The molecule has 76 valence electrons. The van der Waals surface area contributed by atoms with Crippen molar-refractivity contribution in [3.05, 3.63) is 60.7 Å². The monoisotopic (exact) mass is 198 g/mol. The van der Waals surface area contributed by atoms with E-state index < -0.39 is 0 Å². The summed E-state index contributed by atoms with van der Waals surface area (Å²) in [6.45, 7) is 0. The van der Waals surface area contributed by atoms with Gasteiger partial charge in [0, 0.05) is 0 Å². The van der Waals surface area contributed by atoms with Crippen LogP contribution in [0.1, 0.15) is 0 Å². The molecule has 0 aliphatic carbocycles. The summed E-state index contributed by atoms with van der Waals surface area (Å²) in [6, 6.07) is 21.1. The summed E-state index contributed by atoms with van der Waals surface area (Å²) in [5.41, 5.74) is 2.59. The van der Waals surface area contributed by atoms with Crippen molar-refractivity contribution in [3.63, 3.8) is 0 Å². The zero-order valence-corrected chi connectivity index (χ0v) is 9.22. The van der Waals surface area contributed by atoms with Gasteiger partial charge in [0.1, 0.15) is 11.4 Å². The fourth-order valence-corrected chi connectivity index (χ4v) is 1.75. The van der Waals surface area contributed by atoms with Gasteiger partial charge in [-0.05, 0) is 24.3 Å². The third-order valence-electron chi connectivity index (χ3n) is 2.80. The first-order valence-electron chi connectivity index (χ1n) is 5.16. The molecule has 0 bridgehead atoms. The van der Waals surface area contributed by atoms with Crippen molar-refractivity contribution in [1.82, 2.24) is 4.48 Å². The molecule has 0 spiro atoms. The molecule has 2 rings (SSSR count). The fraction of sp³-hybridized carbons (Fsp3) is 0.143. The summed E-state index contributed by atoms with van der Waals surface area (Å²) < 4.78 is 0.779. The fourth-order valence-electron chi connectivity index (χ4n) is 1.75. The van der Waals surface area contributed by atoms with E-state index in [0.29, 0.717) is 0 Å². The highest BCUT2D eigenvalue weighted by Crippen LogP contribution is 2.29. The van der Waals surface area contributed by atoms with Gasteiger partial charge < -0.3 is 0 Å². The normalized spacial score (nSPS) is 11.3. The van der Waals surface area contributed by atoms with E-state index in [1.54, 1.807) is 0 Å². The first kappa shape index (κ1) is 9.94. The number of benzene rings is 2. The average molecular weight is 198 g/mol. The Morgan fingerprint density at radius 2 is 0.933 bits per heavy atom. The maximum Gasteiger partial charge on any atom is 0.137 e. The van der Waals surface area contributed by atoms with Crippen molar-refractivity contribution < 1.29 is 0 Å². The Hall–Kier alpha value is -1.60. The van der Waals surface area contributed by atoms with Crippen LogP contribution in [0.5, 0.6) is 0 Å². The van der Waals surface area contributed by atoms with Crippen LogP contribution in [-0.4, -0.2) is 14.1 Å². The molecule has 2 aromatic rings. The Balaban J connectivity index is 2.44. The zero-order valence-electron chi connectivity index (χ0n) is 9.22. The van der Waals surface area contributed by atoms with Crippen LogP contribution in [0.15, 0.2) is 60.7 Å². The van der Waals surface area contributed by atoms with Gasteiger partial charge >= 0.3 is 0 Å². The lowest BCUT2D eigenvalue weighted by molar-refractivity contribution is 0.555. The number of hydrogen-bond acceptors (Lipinski definition) is 0. The van der Waals surface area contributed by atoms with Crippen molar-refractivity contribution >= 4 is 11.4 Å². The predicted octanol–water partition coefficient (Wildman–Crippen LogP) is 3.59. The van der Waals surface area contributed by atoms with Gasteiger partial charge in [0.15, 0.2) is 0 Å². The Morgan fingerprint density at radius 3 is 1.27 bits per heavy atom. The van der Waals surface area contributed by atoms with Gasteiger partial charge in [0.2, 0.25) is 0 Å². The number of nitrogens with zero attached hydrogens (tertiary/aromatic N) is 1. The van der Waals surface area contributed by atoms with Gasteiger partial charge in [0.25, 0.3) is 0 Å². The molecular formula is C14H16N+. The molecule has 0 atom stereocenters. The van der Waals surface area contributed by atoms with Crippen molar-refractivity contribution in [2.75, 3.05) is 14.1 Å². The van der Waals surface area contributed by atoms with Crippen molar-refractivity contribution in [1.29, 1.82) is 0 Å². The molecule has 0 aromatic heterocycles. The smallest absolute Gasteiger partial charge is 0.137 e. The lowest BCUT2D eigenvalue weighted by Crippen LogP contribution is -2.33. The van der Waals surface area contributed by atoms with Crippen LogP contribution >= 0.6 is 0 Å². The zero-order chi connectivity index (χ0) is 10.7. The highest BCUT2D eigenvalue weighted by atomic mass is 15.3. The second kappa shape index (κ2) is 3.87. The van der Waals surface area contributed by atoms with E-state index in [9.17, 15) is 0 Å². The summed E-state index contributed by atoms with van der Waals surface area (Å²) >= 11 is 0. The SMILES string of the molecule is C[N+](C)(c1ccccc1)c1ccccc1. The van der Waals surface area contributed by atoms with Crippen LogP contribution in [0.3, 0.4) is 0 Å². The van der Waals surface area contributed by atoms with Gasteiger partial charge in [0.05, 0.1) is 14.1 Å². The Morgan fingerprint density at radius 1 is 0.600 bits per heavy atom. The summed E-state index contributed by atoms with van der Waals surface area (Å²) in [5, 5.41) is 0. The molecule has 0 amide bonds. The van der Waals surface area contributed by atoms with Gasteiger partial charge in [-0.25, -0.2) is 0 Å². The molecule has 0 heterocycles. The van der Waals surface area contributed by atoms with Gasteiger partial charge in [-0.3, -0.25) is 4.48 Å². The van der Waals surface area contributed by atoms with E-state index in [0.717, 1.165) is 4.48 Å². The van der Waals surface area contributed by atoms with Crippen LogP contribution in [0, 0.1) is 0 Å². The van der Waals surface area contributed by atoms with Crippen molar-refractivity contribution in [3.8, 4) is 0 Å². The first-order valence-corrected chi connectivity index (χ1v) is 5.16. The maximum atomic E-state index is 2.20. The van der Waals surface area contributed by atoms with E-state index in [4.69, 9.17) is 0 Å². The summed E-state index contributed by atoms with van der Waals surface area (Å²) in [6.07, 6.45) is 0. The molecule has 0 aliphatic rings. The minimum absolute atomic E-state index is 0.779. The highest BCUT2D eigenvalue weighted by molar-refractivity contribution is 5.56. The average Bonchev–Trinajstić information content (AvgIpc) is 2.31. The second-order valence-electron chi connectivity index (χ2n) is 4.12. The number of rotatable bonds is 2. The number of quaternary nitrogens is 1. The quantitative estimate of drug-likeness (QED) is 0.647. The molecule has 15 heavy (non-hydrogen) atoms. The van der Waals surface area contributed by atoms with Crippen LogP contribution in [0.25, 0.3) is 0 Å². The molecule has 0 saturated carbocycles. The van der Waals surface area contributed by atoms with E-state index >= 15 is 0 Å². The molecule has 0 radical (unpaired) electrons. The molecule has 0 saturated heterocycles. The first-order chi connectivity index (χ1) is 7.21. The Bertz CT molecular complexity index is 376. The molecule has 0 fully saturated rings. The molecule has 0 N–H and O–H groups in total. The lowest BCUT2D eigenvalue weighted by Gasteiger charge is -2.28. The molecule has 0 aliphatic heterocycles. The maximum absolute atomic E-state index is 2.20. The topological polar surface area (TPSA) is 0 Å². The summed E-state index contributed by atoms with van der Waals surface area (Å²) in [4.78, 5) is 0. The second-order valence-corrected chi connectivity index (χ2v) is 4.12. The van der Waals surface area contributed by atoms with E-state index in [1.807, 2.05) is 0 Å². The highest BCUT2D eigenvalue weighted by Gasteiger charge is 2.20. The summed E-state index contributed by atoms with van der Waals surface area (Å²) in [7, 11) is 4.40. The van der Waals surface area contributed by atoms with Gasteiger partial charge in [-0.1, -0.05) is 36.4 Å². The minimum atomic E-state index is 0.779. The number of hydrogen-bond donors (Lipinski definition) is 0. The van der Waals surface area contributed by atoms with Crippen LogP contribution < -0.4 is 4.48 Å². The Labute approximate surface area is 91.2 Å². The molecular weight excluding hydrogens is 182 g/mol. The van der Waals surface area contributed by atoms with Crippen molar-refractivity contribution in [2.24, 2.45) is 0 Å². The van der Waals surface area contributed by atoms with E-state index in [2.05, 4.69) is 74.8 Å². The lowest BCUT2D eigenvalue weighted by atomic mass is 10.2. The molecule has 1 heteroatoms. The largest absolute Gasteiger partial charge is 0.264 e. The molecule has 1 nitrogen and oxygen atoms in total. The van der Waals surface area contributed by atoms with E-state index in [-0.39, 0.29) is 0 Å². The standard InChI is InChI=1S/C14H16N/c1-15(2,13-9-5-3-6-10-13)14-11-7-4-8-12-14/h3-12H,1-2H3/q+1. The van der Waals surface area contributed by atoms with Crippen molar-refractivity contribution in [2.45, 2.75) is 0 Å². The third-order valence-corrected chi connectivity index (χ3v) is 2.80. The van der Waals surface area contributed by atoms with Crippen LogP contribution in [0.2, 0.25) is 0 Å². The molecule has 2 aromatic carbocycles. The predicted molar refractivity (Wildman–Crippen MR) is 66.2 cm³/mol. The van der Waals surface area contributed by atoms with Gasteiger partial charge in [-0.2, -0.15) is 0 Å². The van der Waals surface area contributed by atoms with Crippen LogP contribution in [0.4, 0.5) is 11.4 Å². The van der Waals surface area contributed by atoms with E-state index in [1.165, 1.54) is 11.4 Å². The van der Waals surface area contributed by atoms with Gasteiger partial charge in [-0.15, -0.1) is 0 Å².